The van der Waals surface area contributed by atoms with Gasteiger partial charge in [-0.05, 0) is 56.2 Å². The lowest BCUT2D eigenvalue weighted by Crippen LogP contribution is -2.12. The molecule has 2 aromatic carbocycles. The molecule has 1 heterocycles. The van der Waals surface area contributed by atoms with E-state index >= 15 is 0 Å². The fourth-order valence-electron chi connectivity index (χ4n) is 3.27. The van der Waals surface area contributed by atoms with E-state index in [4.69, 9.17) is 9.15 Å². The first-order valence-electron chi connectivity index (χ1n) is 8.94. The molecule has 1 amide bonds. The zero-order valence-corrected chi connectivity index (χ0v) is 16.7. The first kappa shape index (κ1) is 21.4. The molecule has 1 aromatic heterocycles. The van der Waals surface area contributed by atoms with E-state index in [1.54, 1.807) is 13.2 Å². The fourth-order valence-corrected chi connectivity index (χ4v) is 3.27. The number of methoxy groups -OCH3 is 1. The van der Waals surface area contributed by atoms with Gasteiger partial charge >= 0.3 is 6.18 Å². The van der Waals surface area contributed by atoms with Crippen LogP contribution in [0.15, 0.2) is 41.0 Å². The van der Waals surface area contributed by atoms with Gasteiger partial charge in [-0.3, -0.25) is 4.79 Å². The second-order valence-electron chi connectivity index (χ2n) is 6.89. The summed E-state index contributed by atoms with van der Waals surface area (Å²) in [6.07, 6.45) is -1.99. The van der Waals surface area contributed by atoms with Gasteiger partial charge in [-0.25, -0.2) is 4.39 Å². The summed E-state index contributed by atoms with van der Waals surface area (Å²) < 4.78 is 63.1. The van der Waals surface area contributed by atoms with Gasteiger partial charge in [-0.2, -0.15) is 13.2 Å². The Labute approximate surface area is 170 Å². The number of carbonyl (C=O) groups excluding carboxylic acids is 1. The molecule has 8 heteroatoms. The number of amides is 1. The van der Waals surface area contributed by atoms with Gasteiger partial charge in [0.25, 0.3) is 0 Å². The van der Waals surface area contributed by atoms with Crippen molar-refractivity contribution in [3.63, 3.8) is 0 Å². The van der Waals surface area contributed by atoms with Crippen LogP contribution in [0.1, 0.15) is 29.2 Å². The summed E-state index contributed by atoms with van der Waals surface area (Å²) in [6.45, 7) is 5.40. The van der Waals surface area contributed by atoms with E-state index in [1.807, 2.05) is 19.9 Å². The van der Waals surface area contributed by atoms with Gasteiger partial charge in [0, 0.05) is 28.3 Å². The fraction of sp³-hybridized carbons (Fsp3) is 0.227. The van der Waals surface area contributed by atoms with Crippen LogP contribution in [-0.4, -0.2) is 13.0 Å². The number of benzene rings is 2. The number of allylic oxidation sites excluding steroid dienone is 1. The summed E-state index contributed by atoms with van der Waals surface area (Å²) in [5.74, 6) is -1.54. The van der Waals surface area contributed by atoms with Crippen LogP contribution in [0.4, 0.5) is 23.2 Å². The van der Waals surface area contributed by atoms with E-state index in [9.17, 15) is 22.4 Å². The molecule has 3 aromatic rings. The quantitative estimate of drug-likeness (QED) is 0.400. The Morgan fingerprint density at radius 2 is 1.90 bits per heavy atom. The summed E-state index contributed by atoms with van der Waals surface area (Å²) >= 11 is 0. The van der Waals surface area contributed by atoms with Gasteiger partial charge in [0.05, 0.1) is 18.9 Å². The van der Waals surface area contributed by atoms with Crippen LogP contribution in [0, 0.1) is 19.7 Å². The van der Waals surface area contributed by atoms with Gasteiger partial charge in [-0.15, -0.1) is 0 Å². The Morgan fingerprint density at radius 1 is 1.20 bits per heavy atom. The molecular weight excluding hydrogens is 402 g/mol. The smallest absolute Gasteiger partial charge is 0.419 e. The first-order valence-corrected chi connectivity index (χ1v) is 8.94. The van der Waals surface area contributed by atoms with Crippen molar-refractivity contribution in [1.29, 1.82) is 0 Å². The molecule has 0 spiro atoms. The highest BCUT2D eigenvalue weighted by atomic mass is 19.4. The summed E-state index contributed by atoms with van der Waals surface area (Å²) in [7, 11) is 1.50. The number of nitrogens with one attached hydrogen (secondary N) is 1. The molecule has 158 valence electrons. The number of ether oxygens (including phenoxy) is 1. The van der Waals surface area contributed by atoms with Crippen LogP contribution in [0.2, 0.25) is 0 Å². The lowest BCUT2D eigenvalue weighted by Gasteiger charge is -2.13. The minimum atomic E-state index is -4.86. The van der Waals surface area contributed by atoms with Crippen LogP contribution >= 0.6 is 0 Å². The van der Waals surface area contributed by atoms with Crippen LogP contribution < -0.4 is 10.1 Å². The normalized spacial score (nSPS) is 12.3. The SMILES string of the molecule is COc1c(/C(C)=C/C(=O)Nc2ccc(F)c(C(F)(F)F)c2)cc2c(C)coc2c1C. The molecule has 4 nitrogen and oxygen atoms in total. The van der Waals surface area contributed by atoms with Gasteiger partial charge in [0.15, 0.2) is 0 Å². The predicted octanol–water partition coefficient (Wildman–Crippen LogP) is 6.26. The van der Waals surface area contributed by atoms with Gasteiger partial charge < -0.3 is 14.5 Å². The minimum Gasteiger partial charge on any atom is -0.496 e. The highest BCUT2D eigenvalue weighted by molar-refractivity contribution is 6.05. The lowest BCUT2D eigenvalue weighted by molar-refractivity contribution is -0.140. The number of carbonyl (C=O) groups is 1. The van der Waals surface area contributed by atoms with Crippen LogP contribution in [-0.2, 0) is 11.0 Å². The Bertz CT molecular complexity index is 1160. The van der Waals surface area contributed by atoms with Crippen molar-refractivity contribution in [2.45, 2.75) is 26.9 Å². The molecule has 3 rings (SSSR count). The molecule has 1 N–H and O–H groups in total. The van der Waals surface area contributed by atoms with Crippen LogP contribution in [0.5, 0.6) is 5.75 Å². The summed E-state index contributed by atoms with van der Waals surface area (Å²) in [5, 5.41) is 3.20. The van der Waals surface area contributed by atoms with E-state index < -0.39 is 23.5 Å². The molecule has 0 unspecified atom stereocenters. The largest absolute Gasteiger partial charge is 0.496 e. The van der Waals surface area contributed by atoms with E-state index in [0.717, 1.165) is 22.6 Å². The van der Waals surface area contributed by atoms with Crippen molar-refractivity contribution in [2.75, 3.05) is 12.4 Å². The van der Waals surface area contributed by atoms with Crippen molar-refractivity contribution in [1.82, 2.24) is 0 Å². The maximum Gasteiger partial charge on any atom is 0.419 e. The van der Waals surface area contributed by atoms with Gasteiger partial charge in [0.2, 0.25) is 5.91 Å². The van der Waals surface area contributed by atoms with Crippen LogP contribution in [0.25, 0.3) is 16.5 Å². The van der Waals surface area contributed by atoms with Crippen molar-refractivity contribution in [3.8, 4) is 5.75 Å². The monoisotopic (exact) mass is 421 g/mol. The standard InChI is InChI=1S/C22H19F4NO3/c1-11(15-9-16-12(2)10-30-21(16)13(3)20(15)29-4)7-19(28)27-14-5-6-18(23)17(8-14)22(24,25)26/h5-10H,1-4H3,(H,27,28)/b11-7+. The number of aryl methyl sites for hydroxylation is 2. The number of alkyl halides is 3. The average Bonchev–Trinajstić information content (AvgIpc) is 3.03. The van der Waals surface area contributed by atoms with Gasteiger partial charge in [0.1, 0.15) is 17.1 Å². The Kier molecular flexibility index (Phi) is 5.61. The molecule has 0 fully saturated rings. The lowest BCUT2D eigenvalue weighted by atomic mass is 9.98. The third-order valence-electron chi connectivity index (χ3n) is 4.75. The molecule has 0 radical (unpaired) electrons. The molecule has 0 atom stereocenters. The number of fused-ring (bicyclic) bond motifs is 1. The Morgan fingerprint density at radius 3 is 2.53 bits per heavy atom. The van der Waals surface area contributed by atoms with Crippen molar-refractivity contribution in [2.24, 2.45) is 0 Å². The number of anilines is 1. The molecule has 0 bridgehead atoms. The number of rotatable bonds is 4. The van der Waals surface area contributed by atoms with E-state index in [-0.39, 0.29) is 5.69 Å². The molecule has 0 saturated heterocycles. The molecule has 0 aliphatic carbocycles. The summed E-state index contributed by atoms with van der Waals surface area (Å²) in [5.41, 5.74) is 1.93. The molecule has 0 saturated carbocycles. The van der Waals surface area contributed by atoms with Gasteiger partial charge in [-0.1, -0.05) is 0 Å². The number of halogens is 4. The van der Waals surface area contributed by atoms with E-state index in [2.05, 4.69) is 5.32 Å². The second kappa shape index (κ2) is 7.85. The third-order valence-corrected chi connectivity index (χ3v) is 4.75. The maximum absolute atomic E-state index is 13.4. The van der Waals surface area contributed by atoms with Crippen LogP contribution in [0.3, 0.4) is 0 Å². The van der Waals surface area contributed by atoms with Crippen molar-refractivity contribution >= 4 is 28.1 Å². The van der Waals surface area contributed by atoms with E-state index in [1.165, 1.54) is 13.2 Å². The first-order chi connectivity index (χ1) is 14.0. The number of furan rings is 1. The maximum atomic E-state index is 13.4. The molecule has 30 heavy (non-hydrogen) atoms. The van der Waals surface area contributed by atoms with E-state index in [0.29, 0.717) is 34.6 Å². The third kappa shape index (κ3) is 4.03. The Hall–Kier alpha value is -3.29. The summed E-state index contributed by atoms with van der Waals surface area (Å²) in [4.78, 5) is 12.4. The predicted molar refractivity (Wildman–Crippen MR) is 106 cm³/mol. The van der Waals surface area contributed by atoms with Crippen molar-refractivity contribution < 1.29 is 31.5 Å². The highest BCUT2D eigenvalue weighted by Gasteiger charge is 2.34. The zero-order chi connectivity index (χ0) is 22.2. The minimum absolute atomic E-state index is 0.165. The highest BCUT2D eigenvalue weighted by Crippen LogP contribution is 2.37. The number of hydrogen-bond acceptors (Lipinski definition) is 3. The number of hydrogen-bond donors (Lipinski definition) is 1. The molecule has 0 aliphatic heterocycles. The molecule has 0 aliphatic rings. The molecular formula is C22H19F4NO3. The summed E-state index contributed by atoms with van der Waals surface area (Å²) in [6, 6.07) is 4.12. The second-order valence-corrected chi connectivity index (χ2v) is 6.89. The zero-order valence-electron chi connectivity index (χ0n) is 16.7. The average molecular weight is 421 g/mol. The Balaban J connectivity index is 1.94. The topological polar surface area (TPSA) is 51.5 Å². The van der Waals surface area contributed by atoms with Crippen molar-refractivity contribution in [3.05, 3.63) is 64.7 Å².